The van der Waals surface area contributed by atoms with Gasteiger partial charge in [-0.25, -0.2) is 0 Å². The number of hydrogen-bond acceptors (Lipinski definition) is 3. The van der Waals surface area contributed by atoms with E-state index in [-0.39, 0.29) is 6.10 Å². The van der Waals surface area contributed by atoms with E-state index in [1.54, 1.807) is 0 Å². The molecule has 0 aromatic heterocycles. The largest absolute Gasteiger partial charge is 0.393 e. The monoisotopic (exact) mass is 310 g/mol. The highest BCUT2D eigenvalue weighted by Crippen LogP contribution is 2.22. The normalized spacial score (nSPS) is 25.0. The first-order valence-electron chi connectivity index (χ1n) is 7.99. The van der Waals surface area contributed by atoms with Crippen molar-refractivity contribution in [2.45, 2.75) is 38.8 Å². The lowest BCUT2D eigenvalue weighted by atomic mass is 9.96. The molecule has 0 saturated carbocycles. The average molecular weight is 311 g/mol. The van der Waals surface area contributed by atoms with Crippen molar-refractivity contribution in [2.24, 2.45) is 5.92 Å². The Morgan fingerprint density at radius 1 is 1.48 bits per heavy atom. The zero-order valence-corrected chi connectivity index (χ0v) is 13.8. The van der Waals surface area contributed by atoms with E-state index < -0.39 is 0 Å². The highest BCUT2D eigenvalue weighted by molar-refractivity contribution is 6.30. The molecule has 0 spiro atoms. The molecule has 1 fully saturated rings. The maximum atomic E-state index is 9.81. The first-order chi connectivity index (χ1) is 10.1. The lowest BCUT2D eigenvalue weighted by molar-refractivity contribution is 0.0337. The molecule has 0 bridgehead atoms. The van der Waals surface area contributed by atoms with E-state index in [1.807, 2.05) is 12.1 Å². The second kappa shape index (κ2) is 8.14. The lowest BCUT2D eigenvalue weighted by Gasteiger charge is -2.35. The van der Waals surface area contributed by atoms with Crippen LogP contribution in [0.25, 0.3) is 0 Å². The van der Waals surface area contributed by atoms with E-state index in [1.165, 1.54) is 5.56 Å². The molecule has 1 aromatic carbocycles. The van der Waals surface area contributed by atoms with Gasteiger partial charge in [0.1, 0.15) is 0 Å². The van der Waals surface area contributed by atoms with Crippen molar-refractivity contribution in [3.05, 3.63) is 34.9 Å². The number of aliphatic hydroxyl groups excluding tert-OH is 1. The van der Waals surface area contributed by atoms with Crippen molar-refractivity contribution in [3.8, 4) is 0 Å². The highest BCUT2D eigenvalue weighted by atomic mass is 35.5. The molecular weight excluding hydrogens is 284 g/mol. The topological polar surface area (TPSA) is 35.5 Å². The molecule has 1 saturated heterocycles. The van der Waals surface area contributed by atoms with Gasteiger partial charge in [-0.05, 0) is 49.5 Å². The molecule has 21 heavy (non-hydrogen) atoms. The van der Waals surface area contributed by atoms with Crippen LogP contribution < -0.4 is 5.32 Å². The quantitative estimate of drug-likeness (QED) is 0.847. The van der Waals surface area contributed by atoms with Gasteiger partial charge in [0.15, 0.2) is 0 Å². The van der Waals surface area contributed by atoms with E-state index >= 15 is 0 Å². The number of likely N-dealkylation sites (tertiary alicyclic amines) is 1. The van der Waals surface area contributed by atoms with Crippen molar-refractivity contribution in [1.82, 2.24) is 10.2 Å². The van der Waals surface area contributed by atoms with Gasteiger partial charge in [0.2, 0.25) is 0 Å². The molecule has 1 heterocycles. The maximum absolute atomic E-state index is 9.81. The van der Waals surface area contributed by atoms with Gasteiger partial charge in [0.05, 0.1) is 6.10 Å². The first kappa shape index (κ1) is 16.8. The summed E-state index contributed by atoms with van der Waals surface area (Å²) >= 11 is 6.11. The third kappa shape index (κ3) is 4.96. The van der Waals surface area contributed by atoms with Crippen molar-refractivity contribution in [3.63, 3.8) is 0 Å². The van der Waals surface area contributed by atoms with Gasteiger partial charge >= 0.3 is 0 Å². The number of benzene rings is 1. The van der Waals surface area contributed by atoms with Crippen LogP contribution in [0.1, 0.15) is 38.3 Å². The van der Waals surface area contributed by atoms with Gasteiger partial charge in [-0.1, -0.05) is 37.6 Å². The summed E-state index contributed by atoms with van der Waals surface area (Å²) in [5.74, 6) is 0.377. The fraction of sp³-hybridized carbons (Fsp3) is 0.647. The highest BCUT2D eigenvalue weighted by Gasteiger charge is 2.24. The number of nitrogens with one attached hydrogen (secondary N) is 1. The molecule has 3 nitrogen and oxygen atoms in total. The number of piperidine rings is 1. The Hall–Kier alpha value is -0.610. The van der Waals surface area contributed by atoms with Crippen LogP contribution in [0.2, 0.25) is 5.02 Å². The minimum absolute atomic E-state index is 0.126. The molecule has 3 unspecified atom stereocenters. The molecular formula is C17H27ClN2O. The van der Waals surface area contributed by atoms with Crippen LogP contribution in [0.5, 0.6) is 0 Å². The van der Waals surface area contributed by atoms with Crippen LogP contribution >= 0.6 is 11.6 Å². The molecule has 0 aliphatic carbocycles. The van der Waals surface area contributed by atoms with Gasteiger partial charge in [-0.15, -0.1) is 0 Å². The second-order valence-electron chi connectivity index (χ2n) is 6.09. The molecule has 2 N–H and O–H groups in total. The van der Waals surface area contributed by atoms with Crippen LogP contribution in [0.4, 0.5) is 0 Å². The Bertz CT molecular complexity index is 441. The Morgan fingerprint density at radius 2 is 2.29 bits per heavy atom. The van der Waals surface area contributed by atoms with Crippen molar-refractivity contribution < 1.29 is 5.11 Å². The Morgan fingerprint density at radius 3 is 2.95 bits per heavy atom. The number of nitrogens with zero attached hydrogens (tertiary/aromatic N) is 1. The average Bonchev–Trinajstić information content (AvgIpc) is 2.47. The van der Waals surface area contributed by atoms with E-state index in [2.05, 4.69) is 36.2 Å². The summed E-state index contributed by atoms with van der Waals surface area (Å²) in [6.45, 7) is 8.27. The molecule has 2 rings (SSSR count). The van der Waals surface area contributed by atoms with Gasteiger partial charge < -0.3 is 15.3 Å². The summed E-state index contributed by atoms with van der Waals surface area (Å²) in [4.78, 5) is 2.46. The van der Waals surface area contributed by atoms with Crippen LogP contribution in [0, 0.1) is 5.92 Å². The van der Waals surface area contributed by atoms with E-state index in [9.17, 15) is 5.11 Å². The lowest BCUT2D eigenvalue weighted by Crippen LogP contribution is -2.43. The van der Waals surface area contributed by atoms with Crippen LogP contribution in [0.3, 0.4) is 0 Å². The third-order valence-corrected chi connectivity index (χ3v) is 4.61. The van der Waals surface area contributed by atoms with Crippen molar-refractivity contribution in [1.29, 1.82) is 0 Å². The summed E-state index contributed by atoms with van der Waals surface area (Å²) < 4.78 is 0. The summed E-state index contributed by atoms with van der Waals surface area (Å²) in [6.07, 6.45) is 1.83. The number of aliphatic hydroxyl groups is 1. The van der Waals surface area contributed by atoms with Crippen molar-refractivity contribution in [2.75, 3.05) is 26.2 Å². The van der Waals surface area contributed by atoms with Crippen molar-refractivity contribution >= 4 is 11.6 Å². The fourth-order valence-electron chi connectivity index (χ4n) is 3.09. The van der Waals surface area contributed by atoms with Gasteiger partial charge in [-0.3, -0.25) is 0 Å². The molecule has 118 valence electrons. The second-order valence-corrected chi connectivity index (χ2v) is 6.52. The summed E-state index contributed by atoms with van der Waals surface area (Å²) in [6, 6.07) is 8.47. The van der Waals surface area contributed by atoms with Gasteiger partial charge in [-0.2, -0.15) is 0 Å². The van der Waals surface area contributed by atoms with E-state index in [4.69, 9.17) is 11.6 Å². The number of halogens is 1. The molecule has 4 heteroatoms. The minimum Gasteiger partial charge on any atom is -0.393 e. The number of rotatable bonds is 6. The predicted molar refractivity (Wildman–Crippen MR) is 88.7 cm³/mol. The summed E-state index contributed by atoms with van der Waals surface area (Å²) in [5, 5.41) is 14.2. The standard InChI is InChI=1S/C17H27ClN2O/c1-3-19-16(14-5-4-6-15(18)11-14)7-9-20-10-8-17(21)13(2)12-20/h4-6,11,13,16-17,19,21H,3,7-10,12H2,1-2H3. The Kier molecular flexibility index (Phi) is 6.49. The Balaban J connectivity index is 1.91. The predicted octanol–water partition coefficient (Wildman–Crippen LogP) is 3.08. The molecule has 3 atom stereocenters. The summed E-state index contributed by atoms with van der Waals surface area (Å²) in [7, 11) is 0. The molecule has 1 aromatic rings. The zero-order chi connectivity index (χ0) is 15.2. The molecule has 0 radical (unpaired) electrons. The molecule has 1 aliphatic rings. The van der Waals surface area contributed by atoms with E-state index in [0.29, 0.717) is 12.0 Å². The van der Waals surface area contributed by atoms with Crippen LogP contribution in [-0.2, 0) is 0 Å². The summed E-state index contributed by atoms with van der Waals surface area (Å²) in [5.41, 5.74) is 1.26. The zero-order valence-electron chi connectivity index (χ0n) is 13.1. The molecule has 0 amide bonds. The van der Waals surface area contributed by atoms with Crippen LogP contribution in [-0.4, -0.2) is 42.3 Å². The molecule has 1 aliphatic heterocycles. The maximum Gasteiger partial charge on any atom is 0.0590 e. The third-order valence-electron chi connectivity index (χ3n) is 4.38. The minimum atomic E-state index is -0.126. The smallest absolute Gasteiger partial charge is 0.0590 e. The number of hydrogen-bond donors (Lipinski definition) is 2. The SMILES string of the molecule is CCNC(CCN1CCC(O)C(C)C1)c1cccc(Cl)c1. The van der Waals surface area contributed by atoms with Crippen LogP contribution in [0.15, 0.2) is 24.3 Å². The Labute approximate surface area is 133 Å². The first-order valence-corrected chi connectivity index (χ1v) is 8.37. The van der Waals surface area contributed by atoms with Gasteiger partial charge in [0.25, 0.3) is 0 Å². The van der Waals surface area contributed by atoms with Gasteiger partial charge in [0, 0.05) is 24.2 Å². The van der Waals surface area contributed by atoms with E-state index in [0.717, 1.165) is 44.0 Å². The fourth-order valence-corrected chi connectivity index (χ4v) is 3.29.